The number of nitrogens with one attached hydrogen (secondary N) is 2. The molecular formula is C19H13ClF2N2S2. The molecule has 3 rings (SSSR count). The predicted molar refractivity (Wildman–Crippen MR) is 108 cm³/mol. The first-order valence-corrected chi connectivity index (χ1v) is 9.17. The highest BCUT2D eigenvalue weighted by Crippen LogP contribution is 2.34. The third-order valence-electron chi connectivity index (χ3n) is 3.36. The summed E-state index contributed by atoms with van der Waals surface area (Å²) in [7, 11) is 0. The van der Waals surface area contributed by atoms with Gasteiger partial charge in [-0.05, 0) is 60.7 Å². The fourth-order valence-corrected chi connectivity index (χ4v) is 3.40. The third kappa shape index (κ3) is 4.94. The van der Waals surface area contributed by atoms with Crippen LogP contribution in [0.15, 0.2) is 76.5 Å². The van der Waals surface area contributed by atoms with Gasteiger partial charge in [-0.1, -0.05) is 35.5 Å². The van der Waals surface area contributed by atoms with Crippen LogP contribution in [0.25, 0.3) is 0 Å². The van der Waals surface area contributed by atoms with Crippen molar-refractivity contribution in [3.05, 3.63) is 83.4 Å². The molecule has 7 heteroatoms. The SMILES string of the molecule is Fc1ccc(NC(=S)Nc2ccccc2Sc2ccc(Cl)cc2)c(F)c1. The van der Waals surface area contributed by atoms with Gasteiger partial charge in [-0.3, -0.25) is 0 Å². The lowest BCUT2D eigenvalue weighted by Crippen LogP contribution is -2.20. The molecule has 0 bridgehead atoms. The summed E-state index contributed by atoms with van der Waals surface area (Å²) in [6, 6.07) is 18.4. The Labute approximate surface area is 164 Å². The molecule has 0 aliphatic heterocycles. The van der Waals surface area contributed by atoms with Gasteiger partial charge in [0.15, 0.2) is 5.11 Å². The molecule has 26 heavy (non-hydrogen) atoms. The van der Waals surface area contributed by atoms with Gasteiger partial charge in [0.1, 0.15) is 11.6 Å². The highest BCUT2D eigenvalue weighted by atomic mass is 35.5. The van der Waals surface area contributed by atoms with Gasteiger partial charge in [-0.25, -0.2) is 8.78 Å². The zero-order chi connectivity index (χ0) is 18.5. The van der Waals surface area contributed by atoms with E-state index in [0.717, 1.165) is 21.5 Å². The van der Waals surface area contributed by atoms with E-state index in [1.54, 1.807) is 11.8 Å². The van der Waals surface area contributed by atoms with Crippen LogP contribution < -0.4 is 10.6 Å². The predicted octanol–water partition coefficient (Wildman–Crippen LogP) is 6.58. The standard InChI is InChI=1S/C19H13ClF2N2S2/c20-12-5-8-14(9-6-12)26-18-4-2-1-3-17(18)24-19(25)23-16-10-7-13(21)11-15(16)22/h1-11H,(H2,23,24,25). The lowest BCUT2D eigenvalue weighted by Gasteiger charge is -2.14. The lowest BCUT2D eigenvalue weighted by atomic mass is 10.3. The summed E-state index contributed by atoms with van der Waals surface area (Å²) >= 11 is 12.7. The van der Waals surface area contributed by atoms with Gasteiger partial charge < -0.3 is 10.6 Å². The van der Waals surface area contributed by atoms with Crippen LogP contribution in [0.4, 0.5) is 20.2 Å². The molecule has 2 nitrogen and oxygen atoms in total. The normalized spacial score (nSPS) is 10.4. The molecule has 132 valence electrons. The molecule has 3 aromatic carbocycles. The highest BCUT2D eigenvalue weighted by molar-refractivity contribution is 7.99. The van der Waals surface area contributed by atoms with E-state index in [0.29, 0.717) is 5.02 Å². The molecular weight excluding hydrogens is 394 g/mol. The second-order valence-electron chi connectivity index (χ2n) is 5.26. The average molecular weight is 407 g/mol. The van der Waals surface area contributed by atoms with Crippen molar-refractivity contribution in [1.29, 1.82) is 0 Å². The maximum absolute atomic E-state index is 13.7. The Balaban J connectivity index is 1.73. The van der Waals surface area contributed by atoms with Gasteiger partial charge in [0.2, 0.25) is 0 Å². The van der Waals surface area contributed by atoms with E-state index in [4.69, 9.17) is 23.8 Å². The first-order chi connectivity index (χ1) is 12.5. The van der Waals surface area contributed by atoms with Crippen LogP contribution in [-0.2, 0) is 0 Å². The quantitative estimate of drug-likeness (QED) is 0.478. The van der Waals surface area contributed by atoms with Gasteiger partial charge >= 0.3 is 0 Å². The number of rotatable bonds is 4. The summed E-state index contributed by atoms with van der Waals surface area (Å²) in [6.07, 6.45) is 0. The molecule has 0 heterocycles. The molecule has 3 aromatic rings. The van der Waals surface area contributed by atoms with Crippen molar-refractivity contribution in [3.63, 3.8) is 0 Å². The average Bonchev–Trinajstić information content (AvgIpc) is 2.61. The van der Waals surface area contributed by atoms with E-state index in [2.05, 4.69) is 10.6 Å². The molecule has 0 unspecified atom stereocenters. The minimum Gasteiger partial charge on any atom is -0.332 e. The van der Waals surface area contributed by atoms with E-state index < -0.39 is 11.6 Å². The molecule has 0 aliphatic carbocycles. The monoisotopic (exact) mass is 406 g/mol. The van der Waals surface area contributed by atoms with Crippen LogP contribution in [0.5, 0.6) is 0 Å². The second-order valence-corrected chi connectivity index (χ2v) is 7.22. The summed E-state index contributed by atoms with van der Waals surface area (Å²) in [5, 5.41) is 6.66. The molecule has 0 atom stereocenters. The maximum atomic E-state index is 13.7. The van der Waals surface area contributed by atoms with Crippen LogP contribution in [0.1, 0.15) is 0 Å². The molecule has 0 radical (unpaired) electrons. The Morgan fingerprint density at radius 3 is 2.31 bits per heavy atom. The van der Waals surface area contributed by atoms with Crippen LogP contribution in [0, 0.1) is 11.6 Å². The highest BCUT2D eigenvalue weighted by Gasteiger charge is 2.09. The van der Waals surface area contributed by atoms with E-state index in [1.807, 2.05) is 48.5 Å². The molecule has 0 saturated carbocycles. The summed E-state index contributed by atoms with van der Waals surface area (Å²) in [4.78, 5) is 1.96. The molecule has 0 saturated heterocycles. The molecule has 0 aliphatic rings. The smallest absolute Gasteiger partial charge is 0.175 e. The van der Waals surface area contributed by atoms with Crippen molar-refractivity contribution in [2.24, 2.45) is 0 Å². The second kappa shape index (κ2) is 8.49. The number of thiocarbonyl (C=S) groups is 1. The minimum absolute atomic E-state index is 0.103. The first kappa shape index (κ1) is 18.6. The number of halogens is 3. The Hall–Kier alpha value is -2.15. The Morgan fingerprint density at radius 1 is 0.885 bits per heavy atom. The van der Waals surface area contributed by atoms with Crippen LogP contribution in [-0.4, -0.2) is 5.11 Å². The summed E-state index contributed by atoms with van der Waals surface area (Å²) < 4.78 is 26.7. The minimum atomic E-state index is -0.710. The van der Waals surface area contributed by atoms with Gasteiger partial charge in [0.05, 0.1) is 11.4 Å². The van der Waals surface area contributed by atoms with Crippen LogP contribution in [0.3, 0.4) is 0 Å². The van der Waals surface area contributed by atoms with Crippen molar-refractivity contribution >= 4 is 52.1 Å². The third-order valence-corrected chi connectivity index (χ3v) is 4.90. The number of para-hydroxylation sites is 1. The van der Waals surface area contributed by atoms with E-state index in [9.17, 15) is 8.78 Å². The van der Waals surface area contributed by atoms with Crippen LogP contribution >= 0.6 is 35.6 Å². The number of hydrogen-bond acceptors (Lipinski definition) is 2. The van der Waals surface area contributed by atoms with E-state index in [-0.39, 0.29) is 10.8 Å². The number of benzene rings is 3. The Kier molecular flexibility index (Phi) is 6.08. The van der Waals surface area contributed by atoms with Crippen molar-refractivity contribution in [2.45, 2.75) is 9.79 Å². The Bertz CT molecular complexity index is 933. The number of hydrogen-bond donors (Lipinski definition) is 2. The van der Waals surface area contributed by atoms with Gasteiger partial charge in [-0.2, -0.15) is 0 Å². The van der Waals surface area contributed by atoms with Crippen molar-refractivity contribution < 1.29 is 8.78 Å². The topological polar surface area (TPSA) is 24.1 Å². The largest absolute Gasteiger partial charge is 0.332 e. The van der Waals surface area contributed by atoms with Gasteiger partial charge in [0.25, 0.3) is 0 Å². The molecule has 0 spiro atoms. The van der Waals surface area contributed by atoms with Crippen molar-refractivity contribution in [2.75, 3.05) is 10.6 Å². The molecule has 0 fully saturated rings. The summed E-state index contributed by atoms with van der Waals surface area (Å²) in [5.41, 5.74) is 0.874. The van der Waals surface area contributed by atoms with Crippen LogP contribution in [0.2, 0.25) is 5.02 Å². The number of anilines is 2. The summed E-state index contributed by atoms with van der Waals surface area (Å²) in [5.74, 6) is -1.35. The van der Waals surface area contributed by atoms with E-state index >= 15 is 0 Å². The zero-order valence-electron chi connectivity index (χ0n) is 13.3. The van der Waals surface area contributed by atoms with Gasteiger partial charge in [0, 0.05) is 20.9 Å². The zero-order valence-corrected chi connectivity index (χ0v) is 15.7. The first-order valence-electron chi connectivity index (χ1n) is 7.57. The fraction of sp³-hybridized carbons (Fsp3) is 0. The molecule has 0 amide bonds. The van der Waals surface area contributed by atoms with Crippen molar-refractivity contribution in [3.8, 4) is 0 Å². The molecule has 2 N–H and O–H groups in total. The van der Waals surface area contributed by atoms with Crippen molar-refractivity contribution in [1.82, 2.24) is 0 Å². The lowest BCUT2D eigenvalue weighted by molar-refractivity contribution is 0.586. The van der Waals surface area contributed by atoms with E-state index in [1.165, 1.54) is 12.1 Å². The fourth-order valence-electron chi connectivity index (χ4n) is 2.16. The Morgan fingerprint density at radius 2 is 1.58 bits per heavy atom. The maximum Gasteiger partial charge on any atom is 0.175 e. The van der Waals surface area contributed by atoms with Gasteiger partial charge in [-0.15, -0.1) is 0 Å². The summed E-state index contributed by atoms with van der Waals surface area (Å²) in [6.45, 7) is 0. The molecule has 0 aromatic heterocycles.